The van der Waals surface area contributed by atoms with Gasteiger partial charge < -0.3 is 0 Å². The van der Waals surface area contributed by atoms with E-state index in [2.05, 4.69) is 4.98 Å². The molecule has 0 N–H and O–H groups in total. The molecule has 0 spiro atoms. The molecule has 0 aliphatic rings. The van der Waals surface area contributed by atoms with Gasteiger partial charge in [0.15, 0.2) is 5.82 Å². The van der Waals surface area contributed by atoms with Crippen molar-refractivity contribution >= 4 is 0 Å². The van der Waals surface area contributed by atoms with E-state index in [9.17, 15) is 8.78 Å². The van der Waals surface area contributed by atoms with Crippen LogP contribution in [0.2, 0.25) is 0 Å². The van der Waals surface area contributed by atoms with Crippen LogP contribution < -0.4 is 0 Å². The first-order chi connectivity index (χ1) is 7.58. The number of hydrogen-bond donors (Lipinski definition) is 0. The van der Waals surface area contributed by atoms with Crippen molar-refractivity contribution < 1.29 is 8.78 Å². The minimum absolute atomic E-state index is 0.193. The molecule has 0 fully saturated rings. The molecule has 0 unspecified atom stereocenters. The Morgan fingerprint density at radius 1 is 1.06 bits per heavy atom. The normalized spacial score (nSPS) is 10.5. The number of halogens is 2. The van der Waals surface area contributed by atoms with Gasteiger partial charge in [-0.05, 0) is 19.4 Å². The zero-order valence-electron chi connectivity index (χ0n) is 9.09. The molecule has 0 radical (unpaired) electrons. The van der Waals surface area contributed by atoms with Crippen LogP contribution in [0.1, 0.15) is 11.1 Å². The summed E-state index contributed by atoms with van der Waals surface area (Å²) in [4.78, 5) is 3.79. The monoisotopic (exact) mass is 219 g/mol. The molecular weight excluding hydrogens is 208 g/mol. The Hall–Kier alpha value is -1.77. The van der Waals surface area contributed by atoms with E-state index in [-0.39, 0.29) is 5.69 Å². The second-order valence-electron chi connectivity index (χ2n) is 3.80. The van der Waals surface area contributed by atoms with Crippen LogP contribution in [0.5, 0.6) is 0 Å². The van der Waals surface area contributed by atoms with Gasteiger partial charge in [0.2, 0.25) is 0 Å². The SMILES string of the molecule is Cc1ccc(-c2ncc(F)cc2F)c(C)c1. The second kappa shape index (κ2) is 4.00. The van der Waals surface area contributed by atoms with Crippen LogP contribution in [0, 0.1) is 25.5 Å². The fourth-order valence-corrected chi connectivity index (χ4v) is 1.69. The molecule has 0 bridgehead atoms. The molecule has 1 heterocycles. The number of benzene rings is 1. The van der Waals surface area contributed by atoms with Gasteiger partial charge in [-0.15, -0.1) is 0 Å². The van der Waals surface area contributed by atoms with Crippen LogP contribution in [0.3, 0.4) is 0 Å². The molecule has 1 aromatic heterocycles. The fraction of sp³-hybridized carbons (Fsp3) is 0.154. The largest absolute Gasteiger partial charge is 0.250 e. The molecule has 2 rings (SSSR count). The van der Waals surface area contributed by atoms with E-state index in [1.54, 1.807) is 6.07 Å². The number of aromatic nitrogens is 1. The van der Waals surface area contributed by atoms with Gasteiger partial charge in [-0.25, -0.2) is 8.78 Å². The summed E-state index contributed by atoms with van der Waals surface area (Å²) in [6.07, 6.45) is 1.03. The average molecular weight is 219 g/mol. The van der Waals surface area contributed by atoms with Gasteiger partial charge in [0.1, 0.15) is 11.5 Å². The van der Waals surface area contributed by atoms with Gasteiger partial charge in [0, 0.05) is 11.6 Å². The second-order valence-corrected chi connectivity index (χ2v) is 3.80. The molecule has 1 nitrogen and oxygen atoms in total. The molecule has 1 aromatic carbocycles. The Morgan fingerprint density at radius 3 is 2.44 bits per heavy atom. The molecule has 82 valence electrons. The van der Waals surface area contributed by atoms with Crippen LogP contribution in [0.4, 0.5) is 8.78 Å². The summed E-state index contributed by atoms with van der Waals surface area (Å²) in [6.45, 7) is 3.85. The summed E-state index contributed by atoms with van der Waals surface area (Å²) in [5, 5.41) is 0. The Bertz CT molecular complexity index is 486. The maximum Gasteiger partial charge on any atom is 0.152 e. The summed E-state index contributed by atoms with van der Waals surface area (Å²) in [5.74, 6) is -1.29. The van der Waals surface area contributed by atoms with Crippen molar-refractivity contribution in [2.75, 3.05) is 0 Å². The fourth-order valence-electron chi connectivity index (χ4n) is 1.69. The predicted octanol–water partition coefficient (Wildman–Crippen LogP) is 3.64. The van der Waals surface area contributed by atoms with E-state index in [1.165, 1.54) is 0 Å². The highest BCUT2D eigenvalue weighted by Crippen LogP contribution is 2.24. The first kappa shape index (κ1) is 10.7. The molecule has 16 heavy (non-hydrogen) atoms. The summed E-state index contributed by atoms with van der Waals surface area (Å²) in [5.41, 5.74) is 2.92. The van der Waals surface area contributed by atoms with Crippen LogP contribution in [0.25, 0.3) is 11.3 Å². The molecular formula is C13H11F2N. The molecule has 0 atom stereocenters. The number of rotatable bonds is 1. The molecule has 0 amide bonds. The topological polar surface area (TPSA) is 12.9 Å². The Kier molecular flexibility index (Phi) is 2.69. The van der Waals surface area contributed by atoms with E-state index in [1.807, 2.05) is 26.0 Å². The first-order valence-electron chi connectivity index (χ1n) is 4.96. The maximum atomic E-state index is 13.5. The van der Waals surface area contributed by atoms with Gasteiger partial charge in [-0.3, -0.25) is 4.98 Å². The van der Waals surface area contributed by atoms with Gasteiger partial charge >= 0.3 is 0 Å². The minimum Gasteiger partial charge on any atom is -0.250 e. The Morgan fingerprint density at radius 2 is 1.81 bits per heavy atom. The highest BCUT2D eigenvalue weighted by atomic mass is 19.1. The van der Waals surface area contributed by atoms with Crippen molar-refractivity contribution in [2.45, 2.75) is 13.8 Å². The van der Waals surface area contributed by atoms with Crippen molar-refractivity contribution in [1.29, 1.82) is 0 Å². The van der Waals surface area contributed by atoms with Crippen LogP contribution in [-0.2, 0) is 0 Å². The lowest BCUT2D eigenvalue weighted by molar-refractivity contribution is 0.576. The van der Waals surface area contributed by atoms with Crippen molar-refractivity contribution in [1.82, 2.24) is 4.98 Å². The summed E-state index contributed by atoms with van der Waals surface area (Å²) < 4.78 is 26.2. The Balaban J connectivity index is 2.59. The predicted molar refractivity (Wildman–Crippen MR) is 59.1 cm³/mol. The zero-order valence-corrected chi connectivity index (χ0v) is 9.09. The first-order valence-corrected chi connectivity index (χ1v) is 4.96. The van der Waals surface area contributed by atoms with Crippen molar-refractivity contribution in [3.63, 3.8) is 0 Å². The summed E-state index contributed by atoms with van der Waals surface area (Å²) >= 11 is 0. The quantitative estimate of drug-likeness (QED) is 0.713. The van der Waals surface area contributed by atoms with Gasteiger partial charge in [-0.2, -0.15) is 0 Å². The molecule has 0 aliphatic heterocycles. The standard InChI is InChI=1S/C13H11F2N/c1-8-3-4-11(9(2)5-8)13-12(15)6-10(14)7-16-13/h3-7H,1-2H3. The van der Waals surface area contributed by atoms with E-state index < -0.39 is 11.6 Å². The lowest BCUT2D eigenvalue weighted by Crippen LogP contribution is -1.93. The van der Waals surface area contributed by atoms with Crippen molar-refractivity contribution in [3.05, 3.63) is 53.2 Å². The molecule has 3 heteroatoms. The number of aryl methyl sites for hydroxylation is 2. The van der Waals surface area contributed by atoms with Crippen LogP contribution in [-0.4, -0.2) is 4.98 Å². The zero-order chi connectivity index (χ0) is 11.7. The third kappa shape index (κ3) is 1.94. The lowest BCUT2D eigenvalue weighted by Gasteiger charge is -2.07. The van der Waals surface area contributed by atoms with Crippen LogP contribution in [0.15, 0.2) is 30.5 Å². The van der Waals surface area contributed by atoms with E-state index in [0.717, 1.165) is 23.4 Å². The van der Waals surface area contributed by atoms with Crippen LogP contribution >= 0.6 is 0 Å². The molecule has 0 saturated heterocycles. The highest BCUT2D eigenvalue weighted by Gasteiger charge is 2.10. The highest BCUT2D eigenvalue weighted by molar-refractivity contribution is 5.64. The number of nitrogens with zero attached hydrogens (tertiary/aromatic N) is 1. The summed E-state index contributed by atoms with van der Waals surface area (Å²) in [7, 11) is 0. The van der Waals surface area contributed by atoms with Gasteiger partial charge in [-0.1, -0.05) is 23.8 Å². The van der Waals surface area contributed by atoms with E-state index in [4.69, 9.17) is 0 Å². The van der Waals surface area contributed by atoms with Crippen molar-refractivity contribution in [2.24, 2.45) is 0 Å². The van der Waals surface area contributed by atoms with Crippen molar-refractivity contribution in [3.8, 4) is 11.3 Å². The smallest absolute Gasteiger partial charge is 0.152 e. The van der Waals surface area contributed by atoms with Gasteiger partial charge in [0.05, 0.1) is 6.20 Å². The third-order valence-corrected chi connectivity index (χ3v) is 2.44. The van der Waals surface area contributed by atoms with Gasteiger partial charge in [0.25, 0.3) is 0 Å². The number of hydrogen-bond acceptors (Lipinski definition) is 1. The summed E-state index contributed by atoms with van der Waals surface area (Å²) in [6, 6.07) is 6.47. The molecule has 2 aromatic rings. The number of pyridine rings is 1. The average Bonchev–Trinajstić information content (AvgIpc) is 2.19. The Labute approximate surface area is 92.8 Å². The third-order valence-electron chi connectivity index (χ3n) is 2.44. The lowest BCUT2D eigenvalue weighted by atomic mass is 10.0. The maximum absolute atomic E-state index is 13.5. The minimum atomic E-state index is -0.661. The van der Waals surface area contributed by atoms with E-state index in [0.29, 0.717) is 5.56 Å². The molecule has 0 saturated carbocycles. The molecule has 0 aliphatic carbocycles. The van der Waals surface area contributed by atoms with E-state index >= 15 is 0 Å².